The number of benzene rings is 2. The third-order valence-electron chi connectivity index (χ3n) is 7.98. The van der Waals surface area contributed by atoms with Crippen molar-refractivity contribution in [2.75, 3.05) is 3.53 Å². The van der Waals surface area contributed by atoms with Crippen molar-refractivity contribution >= 4 is 28.3 Å². The predicted molar refractivity (Wildman–Crippen MR) is 121 cm³/mol. The average Bonchev–Trinajstić information content (AvgIpc) is 2.86. The van der Waals surface area contributed by atoms with Crippen LogP contribution in [0.2, 0.25) is 0 Å². The van der Waals surface area contributed by atoms with Crippen molar-refractivity contribution in [1.82, 2.24) is 0 Å². The molecule has 3 heteroatoms. The summed E-state index contributed by atoms with van der Waals surface area (Å²) in [4.78, 5) is 0. The van der Waals surface area contributed by atoms with Crippen LogP contribution in [0.25, 0.3) is 11.1 Å². The molecule has 1 N–H and O–H groups in total. The number of rotatable bonds is 3. The van der Waals surface area contributed by atoms with Gasteiger partial charge in [-0.15, -0.1) is 0 Å². The van der Waals surface area contributed by atoms with Crippen LogP contribution < -0.4 is 25.0 Å². The topological polar surface area (TPSA) is 12.0 Å². The summed E-state index contributed by atoms with van der Waals surface area (Å²) >= 11 is 2.56. The van der Waals surface area contributed by atoms with E-state index in [9.17, 15) is 0 Å². The van der Waals surface area contributed by atoms with Gasteiger partial charge in [0.1, 0.15) is 0 Å². The van der Waals surface area contributed by atoms with Crippen molar-refractivity contribution in [3.8, 4) is 11.1 Å². The Balaban J connectivity index is 1.31. The van der Waals surface area contributed by atoms with E-state index in [0.717, 1.165) is 17.8 Å². The van der Waals surface area contributed by atoms with Gasteiger partial charge in [0.2, 0.25) is 0 Å². The summed E-state index contributed by atoms with van der Waals surface area (Å²) in [5, 5.41) is 0. The molecule has 4 saturated carbocycles. The second-order valence-electron chi connectivity index (χ2n) is 10.3. The molecule has 148 valence electrons. The fourth-order valence-corrected chi connectivity index (χ4v) is 12.0. The molecule has 0 heterocycles. The van der Waals surface area contributed by atoms with Crippen molar-refractivity contribution in [2.45, 2.75) is 61.2 Å². The van der Waals surface area contributed by atoms with Gasteiger partial charge in [-0.1, -0.05) is 0 Å². The zero-order chi connectivity index (χ0) is 19.1. The summed E-state index contributed by atoms with van der Waals surface area (Å²) in [5.74, 6) is 3.17. The molecule has 4 bridgehead atoms. The molecule has 0 radical (unpaired) electrons. The van der Waals surface area contributed by atoms with Crippen molar-refractivity contribution in [2.24, 2.45) is 17.8 Å². The molecule has 0 aromatic heterocycles. The third kappa shape index (κ3) is 2.74. The molecule has 5 aliphatic rings. The van der Waals surface area contributed by atoms with Gasteiger partial charge in [-0.2, -0.15) is 0 Å². The van der Waals surface area contributed by atoms with Gasteiger partial charge in [0.15, 0.2) is 0 Å². The van der Waals surface area contributed by atoms with Crippen LogP contribution in [0.5, 0.6) is 0 Å². The molecule has 2 aromatic carbocycles. The number of fused-ring (bicyclic) bond motifs is 3. The van der Waals surface area contributed by atoms with Gasteiger partial charge in [0.05, 0.1) is 0 Å². The second-order valence-corrected chi connectivity index (χ2v) is 14.8. The van der Waals surface area contributed by atoms with Crippen molar-refractivity contribution in [1.29, 1.82) is 0 Å². The van der Waals surface area contributed by atoms with Crippen LogP contribution in [0.4, 0.5) is 5.69 Å². The van der Waals surface area contributed by atoms with Gasteiger partial charge >= 0.3 is 194 Å². The maximum absolute atomic E-state index is 4.07. The molecule has 0 amide bonds. The van der Waals surface area contributed by atoms with Gasteiger partial charge in [0, 0.05) is 0 Å². The van der Waals surface area contributed by atoms with Gasteiger partial charge in [-0.25, -0.2) is 0 Å². The molecule has 28 heavy (non-hydrogen) atoms. The van der Waals surface area contributed by atoms with Crippen molar-refractivity contribution < 1.29 is 21.5 Å². The van der Waals surface area contributed by atoms with Gasteiger partial charge in [-0.05, 0) is 0 Å². The molecule has 0 saturated heterocycles. The Labute approximate surface area is 193 Å². The molecule has 0 spiro atoms. The van der Waals surface area contributed by atoms with E-state index >= 15 is 0 Å². The molecule has 5 aliphatic carbocycles. The number of hydrogen-bond donors (Lipinski definition) is 1. The Hall–Kier alpha value is -0.300. The summed E-state index contributed by atoms with van der Waals surface area (Å²) in [5.41, 5.74) is 7.38. The summed E-state index contributed by atoms with van der Waals surface area (Å²) < 4.78 is 6.15. The molecular weight excluding hydrogens is 568 g/mol. The number of hydrogen-bond acceptors (Lipinski definition) is 1. The molecule has 0 aliphatic heterocycles. The van der Waals surface area contributed by atoms with Crippen LogP contribution in [0, 0.1) is 21.3 Å². The Morgan fingerprint density at radius 3 is 2.21 bits per heavy atom. The summed E-state index contributed by atoms with van der Waals surface area (Å²) in [6.07, 6.45) is 9.22. The first-order valence-corrected chi connectivity index (χ1v) is 14.0. The Morgan fingerprint density at radius 2 is 1.54 bits per heavy atom. The van der Waals surface area contributed by atoms with E-state index in [1.165, 1.54) is 50.8 Å². The number of alkyl halides is 1. The van der Waals surface area contributed by atoms with E-state index in [-0.39, 0.29) is 26.9 Å². The van der Waals surface area contributed by atoms with E-state index in [2.05, 4.69) is 76.4 Å². The SMILES string of the molecule is CC1(C)c2ccccc2-c2cc(I)c(N[I-]C34CC5CC(CC(C5)C3)C4)cc21. The fourth-order valence-electron chi connectivity index (χ4n) is 7.07. The first kappa shape index (κ1) is 18.5. The molecular formula is C25H28I2N-. The average molecular weight is 596 g/mol. The van der Waals surface area contributed by atoms with Crippen LogP contribution in [-0.2, 0) is 5.41 Å². The van der Waals surface area contributed by atoms with E-state index in [4.69, 9.17) is 0 Å². The molecule has 1 nitrogen and oxygen atoms in total. The van der Waals surface area contributed by atoms with E-state index in [0.29, 0.717) is 3.42 Å². The zero-order valence-corrected chi connectivity index (χ0v) is 21.0. The zero-order valence-electron chi connectivity index (χ0n) is 16.7. The molecule has 0 unspecified atom stereocenters. The van der Waals surface area contributed by atoms with Crippen molar-refractivity contribution in [3.63, 3.8) is 0 Å². The molecule has 7 rings (SSSR count). The number of halogens is 2. The van der Waals surface area contributed by atoms with E-state index in [1.54, 1.807) is 19.3 Å². The first-order valence-electron chi connectivity index (χ1n) is 10.8. The van der Waals surface area contributed by atoms with Crippen molar-refractivity contribution in [3.05, 3.63) is 51.1 Å². The monoisotopic (exact) mass is 596 g/mol. The fraction of sp³-hybridized carbons (Fsp3) is 0.520. The summed E-state index contributed by atoms with van der Waals surface area (Å²) in [6.45, 7) is 4.78. The van der Waals surface area contributed by atoms with Crippen LogP contribution >= 0.6 is 22.6 Å². The molecule has 0 atom stereocenters. The normalized spacial score (nSPS) is 33.8. The molecule has 4 fully saturated rings. The Morgan fingerprint density at radius 1 is 0.893 bits per heavy atom. The molecule has 2 aromatic rings. The Bertz CT molecular complexity index is 926. The van der Waals surface area contributed by atoms with Gasteiger partial charge < -0.3 is 0 Å². The summed E-state index contributed by atoms with van der Waals surface area (Å²) in [6, 6.07) is 13.9. The second kappa shape index (κ2) is 6.35. The summed E-state index contributed by atoms with van der Waals surface area (Å²) in [7, 11) is 0. The number of nitrogens with one attached hydrogen (secondary N) is 1. The van der Waals surface area contributed by atoms with Gasteiger partial charge in [0.25, 0.3) is 0 Å². The third-order valence-corrected chi connectivity index (χ3v) is 12.2. The Kier molecular flexibility index (Phi) is 4.19. The standard InChI is InChI=1S/C25H28I2N/c1-24(2)20-6-4-3-5-18(20)19-10-22(26)23(11-21(19)24)28-27-25-12-15-7-16(13-25)9-17(8-15)14-25/h3-6,10-11,15-17,28H,7-9,12-14H2,1-2H3/q-1. The van der Waals surface area contributed by atoms with Gasteiger partial charge in [-0.3, -0.25) is 0 Å². The maximum atomic E-state index is 4.07. The van der Waals surface area contributed by atoms with Crippen LogP contribution in [0.3, 0.4) is 0 Å². The number of anilines is 1. The minimum absolute atomic E-state index is 0.00440. The van der Waals surface area contributed by atoms with E-state index in [1.807, 2.05) is 0 Å². The van der Waals surface area contributed by atoms with Crippen LogP contribution in [0.15, 0.2) is 36.4 Å². The first-order chi connectivity index (χ1) is 13.4. The quantitative estimate of drug-likeness (QED) is 0.322. The van der Waals surface area contributed by atoms with Crippen LogP contribution in [-0.4, -0.2) is 3.42 Å². The van der Waals surface area contributed by atoms with E-state index < -0.39 is 0 Å². The predicted octanol–water partition coefficient (Wildman–Crippen LogP) is 3.98. The minimum atomic E-state index is -0.00440. The van der Waals surface area contributed by atoms with Crippen LogP contribution in [0.1, 0.15) is 63.5 Å².